The maximum absolute atomic E-state index is 11.2. The van der Waals surface area contributed by atoms with Gasteiger partial charge in [-0.15, -0.1) is 12.4 Å². The summed E-state index contributed by atoms with van der Waals surface area (Å²) in [6.07, 6.45) is 8.56. The first-order valence-electron chi connectivity index (χ1n) is 5.56. The van der Waals surface area contributed by atoms with Crippen LogP contribution in [0.2, 0.25) is 0 Å². The van der Waals surface area contributed by atoms with Crippen LogP contribution >= 0.6 is 24.4 Å². The van der Waals surface area contributed by atoms with Crippen molar-refractivity contribution in [1.82, 2.24) is 0 Å². The Kier molecular flexibility index (Phi) is 9.21. The van der Waals surface area contributed by atoms with Crippen molar-refractivity contribution in [1.29, 1.82) is 0 Å². The Balaban J connectivity index is 0.00000196. The van der Waals surface area contributed by atoms with Crippen LogP contribution < -0.4 is 0 Å². The van der Waals surface area contributed by atoms with Gasteiger partial charge in [-0.05, 0) is 24.8 Å². The number of nitrogens with zero attached hydrogens (tertiary/aromatic N) is 1. The summed E-state index contributed by atoms with van der Waals surface area (Å²) in [6, 6.07) is 0. The lowest BCUT2D eigenvalue weighted by Gasteiger charge is -1.99. The Morgan fingerprint density at radius 3 is 2.47 bits per heavy atom. The van der Waals surface area contributed by atoms with Crippen molar-refractivity contribution in [3.05, 3.63) is 0 Å². The predicted molar refractivity (Wildman–Crippen MR) is 70.1 cm³/mol. The van der Waals surface area contributed by atoms with Gasteiger partial charge in [0.05, 0.1) is 11.5 Å². The standard InChI is InChI=1S/C11H19NOS.ClH/c1-2-3-4-5-6-7-8-10-11(13)9-14-12-10;/h2-9H2,1H3;1H. The van der Waals surface area contributed by atoms with E-state index >= 15 is 0 Å². The molecule has 88 valence electrons. The van der Waals surface area contributed by atoms with Crippen molar-refractivity contribution in [2.75, 3.05) is 5.75 Å². The van der Waals surface area contributed by atoms with Crippen LogP contribution in [-0.4, -0.2) is 17.2 Å². The second-order valence-corrected chi connectivity index (χ2v) is 4.48. The number of carbonyl (C=O) groups is 1. The first kappa shape index (κ1) is 15.0. The number of unbranched alkanes of at least 4 members (excludes halogenated alkanes) is 5. The lowest BCUT2D eigenvalue weighted by molar-refractivity contribution is -0.110. The lowest BCUT2D eigenvalue weighted by Crippen LogP contribution is -2.10. The number of halogens is 1. The van der Waals surface area contributed by atoms with Crippen LogP contribution in [0.5, 0.6) is 0 Å². The number of rotatable bonds is 7. The number of ketones is 1. The minimum Gasteiger partial charge on any atom is -0.292 e. The molecule has 15 heavy (non-hydrogen) atoms. The topological polar surface area (TPSA) is 29.4 Å². The molecule has 0 aromatic rings. The van der Waals surface area contributed by atoms with Crippen LogP contribution in [0.4, 0.5) is 0 Å². The molecule has 0 aromatic heterocycles. The molecule has 0 aromatic carbocycles. The van der Waals surface area contributed by atoms with Gasteiger partial charge in [-0.2, -0.15) is 0 Å². The molecule has 0 amide bonds. The Labute approximate surface area is 103 Å². The lowest BCUT2D eigenvalue weighted by atomic mass is 10.1. The summed E-state index contributed by atoms with van der Waals surface area (Å²) < 4.78 is 4.13. The molecule has 4 heteroatoms. The summed E-state index contributed by atoms with van der Waals surface area (Å²) in [5.41, 5.74) is 0.825. The van der Waals surface area contributed by atoms with Crippen LogP contribution in [0.1, 0.15) is 51.9 Å². The molecule has 0 aliphatic carbocycles. The third-order valence-electron chi connectivity index (χ3n) is 2.46. The van der Waals surface area contributed by atoms with Crippen molar-refractivity contribution in [3.63, 3.8) is 0 Å². The van der Waals surface area contributed by atoms with E-state index in [1.54, 1.807) is 0 Å². The van der Waals surface area contributed by atoms with Gasteiger partial charge in [0.25, 0.3) is 0 Å². The number of carbonyl (C=O) groups excluding carboxylic acids is 1. The van der Waals surface area contributed by atoms with Crippen LogP contribution in [0.25, 0.3) is 0 Å². The molecule has 0 spiro atoms. The molecule has 1 aliphatic rings. The molecule has 1 aliphatic heterocycles. The molecule has 0 saturated heterocycles. The summed E-state index contributed by atoms with van der Waals surface area (Å²) in [6.45, 7) is 2.23. The fraction of sp³-hybridized carbons (Fsp3) is 0.818. The Bertz CT molecular complexity index is 219. The monoisotopic (exact) mass is 249 g/mol. The molecule has 1 rings (SSSR count). The van der Waals surface area contributed by atoms with E-state index in [4.69, 9.17) is 0 Å². The number of hydrogen-bond donors (Lipinski definition) is 0. The third-order valence-corrected chi connectivity index (χ3v) is 3.20. The number of hydrogen-bond acceptors (Lipinski definition) is 3. The van der Waals surface area contributed by atoms with Gasteiger partial charge in [-0.1, -0.05) is 39.0 Å². The Morgan fingerprint density at radius 1 is 1.20 bits per heavy atom. The SMILES string of the molecule is CCCCCCCCC1=NSCC1=O.Cl. The van der Waals surface area contributed by atoms with Crippen molar-refractivity contribution in [2.24, 2.45) is 4.40 Å². The minimum absolute atomic E-state index is 0. The van der Waals surface area contributed by atoms with E-state index < -0.39 is 0 Å². The third kappa shape index (κ3) is 6.21. The smallest absolute Gasteiger partial charge is 0.189 e. The predicted octanol–water partition coefficient (Wildman–Crippen LogP) is 3.83. The molecule has 0 bridgehead atoms. The molecule has 0 radical (unpaired) electrons. The average Bonchev–Trinajstić information content (AvgIpc) is 2.58. The van der Waals surface area contributed by atoms with Crippen LogP contribution in [-0.2, 0) is 4.79 Å². The molecular formula is C11H20ClNOS. The van der Waals surface area contributed by atoms with E-state index in [1.807, 2.05) is 0 Å². The maximum Gasteiger partial charge on any atom is 0.189 e. The molecular weight excluding hydrogens is 230 g/mol. The fourth-order valence-electron chi connectivity index (χ4n) is 1.56. The van der Waals surface area contributed by atoms with E-state index in [2.05, 4.69) is 11.3 Å². The Hall–Kier alpha value is -0.0200. The van der Waals surface area contributed by atoms with Gasteiger partial charge >= 0.3 is 0 Å². The maximum atomic E-state index is 11.2. The normalized spacial score (nSPS) is 15.0. The zero-order valence-corrected chi connectivity index (χ0v) is 11.0. The highest BCUT2D eigenvalue weighted by Crippen LogP contribution is 2.16. The highest BCUT2D eigenvalue weighted by molar-refractivity contribution is 7.99. The van der Waals surface area contributed by atoms with Crippen LogP contribution in [0.15, 0.2) is 4.40 Å². The first-order valence-corrected chi connectivity index (χ1v) is 6.51. The second kappa shape index (κ2) is 9.22. The molecule has 1 heterocycles. The summed E-state index contributed by atoms with van der Waals surface area (Å²) in [5, 5.41) is 0. The molecule has 0 saturated carbocycles. The average molecular weight is 250 g/mol. The minimum atomic E-state index is 0. The van der Waals surface area contributed by atoms with Gasteiger partial charge in [0, 0.05) is 0 Å². The largest absolute Gasteiger partial charge is 0.292 e. The van der Waals surface area contributed by atoms with E-state index in [9.17, 15) is 4.79 Å². The van der Waals surface area contributed by atoms with E-state index in [0.29, 0.717) is 5.75 Å². The van der Waals surface area contributed by atoms with E-state index in [0.717, 1.165) is 18.6 Å². The quantitative estimate of drug-likeness (QED) is 0.507. The summed E-state index contributed by atoms with van der Waals surface area (Å²) in [7, 11) is 0. The van der Waals surface area contributed by atoms with E-state index in [1.165, 1.54) is 44.1 Å². The highest BCUT2D eigenvalue weighted by Gasteiger charge is 2.16. The van der Waals surface area contributed by atoms with E-state index in [-0.39, 0.29) is 18.2 Å². The fourth-order valence-corrected chi connectivity index (χ4v) is 2.26. The van der Waals surface area contributed by atoms with Gasteiger partial charge < -0.3 is 0 Å². The zero-order valence-electron chi connectivity index (χ0n) is 9.33. The van der Waals surface area contributed by atoms with Crippen LogP contribution in [0, 0.1) is 0 Å². The molecule has 0 fully saturated rings. The molecule has 0 unspecified atom stereocenters. The van der Waals surface area contributed by atoms with Gasteiger partial charge in [0.2, 0.25) is 0 Å². The summed E-state index contributed by atoms with van der Waals surface area (Å²) in [5.74, 6) is 0.828. The first-order chi connectivity index (χ1) is 6.84. The van der Waals surface area contributed by atoms with Crippen molar-refractivity contribution >= 4 is 35.8 Å². The van der Waals surface area contributed by atoms with Gasteiger partial charge in [0.15, 0.2) is 5.78 Å². The Morgan fingerprint density at radius 2 is 1.87 bits per heavy atom. The van der Waals surface area contributed by atoms with Gasteiger partial charge in [0.1, 0.15) is 0 Å². The van der Waals surface area contributed by atoms with Crippen LogP contribution in [0.3, 0.4) is 0 Å². The highest BCUT2D eigenvalue weighted by atomic mass is 35.5. The summed E-state index contributed by atoms with van der Waals surface area (Å²) in [4.78, 5) is 11.2. The van der Waals surface area contributed by atoms with Crippen molar-refractivity contribution in [2.45, 2.75) is 51.9 Å². The molecule has 2 nitrogen and oxygen atoms in total. The van der Waals surface area contributed by atoms with Crippen molar-refractivity contribution < 1.29 is 4.79 Å². The molecule has 0 N–H and O–H groups in total. The van der Waals surface area contributed by atoms with Gasteiger partial charge in [-0.3, -0.25) is 4.79 Å². The number of Topliss-reactive ketones (excluding diaryl/α,β-unsaturated/α-hetero) is 1. The van der Waals surface area contributed by atoms with Crippen molar-refractivity contribution in [3.8, 4) is 0 Å². The second-order valence-electron chi connectivity index (χ2n) is 3.75. The summed E-state index contributed by atoms with van der Waals surface area (Å²) >= 11 is 1.40. The zero-order chi connectivity index (χ0) is 10.2. The van der Waals surface area contributed by atoms with Gasteiger partial charge in [-0.25, -0.2) is 4.40 Å². The molecule has 0 atom stereocenters.